The molecule has 0 saturated carbocycles. The van der Waals surface area contributed by atoms with Crippen LogP contribution in [0.3, 0.4) is 0 Å². The monoisotopic (exact) mass is 482 g/mol. The van der Waals surface area contributed by atoms with Crippen molar-refractivity contribution in [2.45, 2.75) is 26.4 Å². The minimum Gasteiger partial charge on any atom is -0.463 e. The highest BCUT2D eigenvalue weighted by Crippen LogP contribution is 2.31. The third-order valence-electron chi connectivity index (χ3n) is 5.46. The van der Waals surface area contributed by atoms with E-state index < -0.39 is 18.0 Å². The SMILES string of the molecule is CCC(OC(=O)c1ccc2nc(-c3ccco3)c(-c3ccco3)nc2c1)C(=O)Nc1cccc(C)n1. The van der Waals surface area contributed by atoms with Crippen LogP contribution in [0.2, 0.25) is 0 Å². The number of aromatic nitrogens is 3. The van der Waals surface area contributed by atoms with Crippen LogP contribution in [0.25, 0.3) is 33.9 Å². The molecule has 36 heavy (non-hydrogen) atoms. The Kier molecular flexibility index (Phi) is 6.27. The minimum absolute atomic E-state index is 0.243. The Labute approximate surface area is 206 Å². The van der Waals surface area contributed by atoms with Gasteiger partial charge < -0.3 is 18.9 Å². The summed E-state index contributed by atoms with van der Waals surface area (Å²) in [5, 5.41) is 2.69. The van der Waals surface area contributed by atoms with Gasteiger partial charge >= 0.3 is 5.97 Å². The van der Waals surface area contributed by atoms with Crippen LogP contribution >= 0.6 is 0 Å². The van der Waals surface area contributed by atoms with E-state index in [0.29, 0.717) is 46.2 Å². The molecule has 1 aromatic carbocycles. The number of hydrogen-bond donors (Lipinski definition) is 1. The zero-order valence-electron chi connectivity index (χ0n) is 19.6. The first-order valence-electron chi connectivity index (χ1n) is 11.4. The second-order valence-electron chi connectivity index (χ2n) is 8.03. The summed E-state index contributed by atoms with van der Waals surface area (Å²) in [4.78, 5) is 39.3. The zero-order chi connectivity index (χ0) is 25.1. The lowest BCUT2D eigenvalue weighted by Crippen LogP contribution is -2.32. The summed E-state index contributed by atoms with van der Waals surface area (Å²) in [7, 11) is 0. The van der Waals surface area contributed by atoms with Crippen molar-refractivity contribution in [3.63, 3.8) is 0 Å². The van der Waals surface area contributed by atoms with E-state index in [2.05, 4.69) is 10.3 Å². The van der Waals surface area contributed by atoms with E-state index in [-0.39, 0.29) is 5.56 Å². The number of furan rings is 2. The van der Waals surface area contributed by atoms with Crippen molar-refractivity contribution in [3.8, 4) is 22.9 Å². The summed E-state index contributed by atoms with van der Waals surface area (Å²) in [5.41, 5.74) is 3.03. The summed E-state index contributed by atoms with van der Waals surface area (Å²) in [6.45, 7) is 3.59. The predicted octanol–water partition coefficient (Wildman–Crippen LogP) is 5.43. The standard InChI is InChI=1S/C27H22N4O5/c1-3-20(26(32)31-23-10-4-7-16(2)28-23)36-27(33)17-11-12-18-19(15-17)30-25(22-9-6-14-35-22)24(29-18)21-8-5-13-34-21/h4-15,20H,3H2,1-2H3,(H,28,31,32). The van der Waals surface area contributed by atoms with E-state index in [1.807, 2.05) is 13.0 Å². The Bertz CT molecular complexity index is 1530. The number of nitrogens with one attached hydrogen (secondary N) is 1. The number of carbonyl (C=O) groups is 2. The Morgan fingerprint density at radius 1 is 0.889 bits per heavy atom. The van der Waals surface area contributed by atoms with Gasteiger partial charge in [-0.2, -0.15) is 0 Å². The van der Waals surface area contributed by atoms with Crippen LogP contribution in [0.5, 0.6) is 0 Å². The van der Waals surface area contributed by atoms with Gasteiger partial charge in [-0.05, 0) is 67.9 Å². The van der Waals surface area contributed by atoms with Crippen molar-refractivity contribution in [2.24, 2.45) is 0 Å². The van der Waals surface area contributed by atoms with Gasteiger partial charge in [0, 0.05) is 5.69 Å². The van der Waals surface area contributed by atoms with Gasteiger partial charge in [0.05, 0.1) is 29.1 Å². The first-order chi connectivity index (χ1) is 17.5. The van der Waals surface area contributed by atoms with Crippen LogP contribution in [0.1, 0.15) is 29.4 Å². The van der Waals surface area contributed by atoms with E-state index in [1.165, 1.54) is 0 Å². The number of carbonyl (C=O) groups excluding carboxylic acids is 2. The molecule has 5 aromatic rings. The maximum absolute atomic E-state index is 12.9. The van der Waals surface area contributed by atoms with Crippen LogP contribution in [-0.4, -0.2) is 32.9 Å². The van der Waals surface area contributed by atoms with Crippen LogP contribution in [0.15, 0.2) is 82.0 Å². The highest BCUT2D eigenvalue weighted by molar-refractivity contribution is 5.98. The van der Waals surface area contributed by atoms with Crippen molar-refractivity contribution >= 4 is 28.7 Å². The molecule has 4 aromatic heterocycles. The van der Waals surface area contributed by atoms with Crippen LogP contribution < -0.4 is 5.32 Å². The molecule has 0 aliphatic carbocycles. The topological polar surface area (TPSA) is 120 Å². The van der Waals surface area contributed by atoms with E-state index in [1.54, 1.807) is 74.0 Å². The summed E-state index contributed by atoms with van der Waals surface area (Å²) < 4.78 is 16.6. The number of nitrogens with zero attached hydrogens (tertiary/aromatic N) is 3. The molecule has 0 fully saturated rings. The highest BCUT2D eigenvalue weighted by atomic mass is 16.5. The van der Waals surface area contributed by atoms with Crippen molar-refractivity contribution in [3.05, 3.63) is 84.4 Å². The van der Waals surface area contributed by atoms with Gasteiger partial charge in [-0.15, -0.1) is 0 Å². The lowest BCUT2D eigenvalue weighted by atomic mass is 10.1. The number of esters is 1. The maximum atomic E-state index is 12.9. The number of benzene rings is 1. The molecule has 9 heteroatoms. The van der Waals surface area contributed by atoms with Gasteiger partial charge in [0.25, 0.3) is 5.91 Å². The van der Waals surface area contributed by atoms with E-state index in [9.17, 15) is 9.59 Å². The molecule has 0 aliphatic rings. The number of fused-ring (bicyclic) bond motifs is 1. The summed E-state index contributed by atoms with van der Waals surface area (Å²) in [5.74, 6) is 0.351. The number of pyridine rings is 1. The largest absolute Gasteiger partial charge is 0.463 e. The zero-order valence-corrected chi connectivity index (χ0v) is 19.6. The number of aryl methyl sites for hydroxylation is 1. The van der Waals surface area contributed by atoms with Crippen LogP contribution in [0.4, 0.5) is 5.82 Å². The Morgan fingerprint density at radius 2 is 1.58 bits per heavy atom. The minimum atomic E-state index is -0.985. The molecule has 1 N–H and O–H groups in total. The second-order valence-corrected chi connectivity index (χ2v) is 8.03. The fourth-order valence-corrected chi connectivity index (χ4v) is 3.69. The lowest BCUT2D eigenvalue weighted by molar-refractivity contribution is -0.124. The molecule has 1 atom stereocenters. The van der Waals surface area contributed by atoms with Gasteiger partial charge in [-0.1, -0.05) is 13.0 Å². The molecule has 0 aliphatic heterocycles. The fourth-order valence-electron chi connectivity index (χ4n) is 3.69. The Morgan fingerprint density at radius 3 is 2.19 bits per heavy atom. The second kappa shape index (κ2) is 9.83. The van der Waals surface area contributed by atoms with Gasteiger partial charge in [0.1, 0.15) is 17.2 Å². The van der Waals surface area contributed by atoms with Crippen molar-refractivity contribution in [2.75, 3.05) is 5.32 Å². The summed E-state index contributed by atoms with van der Waals surface area (Å²) in [6.07, 6.45) is 2.41. The number of amides is 1. The molecule has 0 spiro atoms. The van der Waals surface area contributed by atoms with Gasteiger partial charge in [-0.3, -0.25) is 4.79 Å². The van der Waals surface area contributed by atoms with E-state index >= 15 is 0 Å². The molecule has 4 heterocycles. The molecule has 5 rings (SSSR count). The molecule has 1 amide bonds. The highest BCUT2D eigenvalue weighted by Gasteiger charge is 2.23. The summed E-state index contributed by atoms with van der Waals surface area (Å²) >= 11 is 0. The van der Waals surface area contributed by atoms with Crippen LogP contribution in [-0.2, 0) is 9.53 Å². The van der Waals surface area contributed by atoms with E-state index in [4.69, 9.17) is 23.5 Å². The lowest BCUT2D eigenvalue weighted by Gasteiger charge is -2.16. The maximum Gasteiger partial charge on any atom is 0.338 e. The van der Waals surface area contributed by atoms with Gasteiger partial charge in [-0.25, -0.2) is 19.7 Å². The molecule has 0 bridgehead atoms. The van der Waals surface area contributed by atoms with Crippen molar-refractivity contribution in [1.82, 2.24) is 15.0 Å². The third kappa shape index (κ3) is 4.72. The molecular weight excluding hydrogens is 460 g/mol. The molecule has 0 saturated heterocycles. The number of anilines is 1. The third-order valence-corrected chi connectivity index (χ3v) is 5.46. The molecule has 180 valence electrons. The first-order valence-corrected chi connectivity index (χ1v) is 11.4. The molecule has 9 nitrogen and oxygen atoms in total. The predicted molar refractivity (Wildman–Crippen MR) is 132 cm³/mol. The van der Waals surface area contributed by atoms with E-state index in [0.717, 1.165) is 5.69 Å². The Balaban J connectivity index is 1.42. The quantitative estimate of drug-likeness (QED) is 0.305. The fraction of sp³-hybridized carbons (Fsp3) is 0.148. The normalized spacial score (nSPS) is 11.8. The molecule has 1 unspecified atom stereocenters. The number of hydrogen-bond acceptors (Lipinski definition) is 8. The smallest absolute Gasteiger partial charge is 0.338 e. The average Bonchev–Trinajstić information content (AvgIpc) is 3.61. The van der Waals surface area contributed by atoms with Crippen LogP contribution in [0, 0.1) is 6.92 Å². The average molecular weight is 482 g/mol. The molecular formula is C27H22N4O5. The van der Waals surface area contributed by atoms with Crippen molar-refractivity contribution in [1.29, 1.82) is 0 Å². The number of ether oxygens (including phenoxy) is 1. The first kappa shape index (κ1) is 23.0. The van der Waals surface area contributed by atoms with Crippen molar-refractivity contribution < 1.29 is 23.2 Å². The Hall–Kier alpha value is -4.79. The van der Waals surface area contributed by atoms with Gasteiger partial charge in [0.2, 0.25) is 0 Å². The van der Waals surface area contributed by atoms with Gasteiger partial charge in [0.15, 0.2) is 17.6 Å². The number of rotatable bonds is 7. The summed E-state index contributed by atoms with van der Waals surface area (Å²) in [6, 6.07) is 17.2. The molecule has 0 radical (unpaired) electrons.